The molecule has 0 aliphatic carbocycles. The van der Waals surface area contributed by atoms with Crippen LogP contribution in [0.2, 0.25) is 0 Å². The van der Waals surface area contributed by atoms with Crippen molar-refractivity contribution in [2.24, 2.45) is 5.73 Å². The van der Waals surface area contributed by atoms with Gasteiger partial charge in [0.05, 0.1) is 11.8 Å². The zero-order valence-electron chi connectivity index (χ0n) is 9.37. The summed E-state index contributed by atoms with van der Waals surface area (Å²) in [6.07, 6.45) is -2.92. The Bertz CT molecular complexity index is 534. The third-order valence-electron chi connectivity index (χ3n) is 2.62. The van der Waals surface area contributed by atoms with Gasteiger partial charge in [0.15, 0.2) is 0 Å². The second-order valence-corrected chi connectivity index (χ2v) is 3.81. The molecule has 18 heavy (non-hydrogen) atoms. The van der Waals surface area contributed by atoms with Crippen molar-refractivity contribution >= 4 is 0 Å². The van der Waals surface area contributed by atoms with Crippen molar-refractivity contribution in [3.8, 4) is 0 Å². The predicted molar refractivity (Wildman–Crippen MR) is 58.6 cm³/mol. The predicted octanol–water partition coefficient (Wildman–Crippen LogP) is 2.74. The van der Waals surface area contributed by atoms with Crippen LogP contribution >= 0.6 is 0 Å². The summed E-state index contributed by atoms with van der Waals surface area (Å²) in [5, 5.41) is 3.54. The number of nitrogens with zero attached hydrogens (tertiary/aromatic N) is 1. The molecule has 6 heteroatoms. The minimum atomic E-state index is -4.38. The Labute approximate surface area is 101 Å². The van der Waals surface area contributed by atoms with E-state index in [1.165, 1.54) is 18.3 Å². The third kappa shape index (κ3) is 2.53. The van der Waals surface area contributed by atoms with Crippen LogP contribution in [0.4, 0.5) is 13.2 Å². The summed E-state index contributed by atoms with van der Waals surface area (Å²) in [7, 11) is 0. The van der Waals surface area contributed by atoms with Crippen LogP contribution in [0.15, 0.2) is 35.0 Å². The Morgan fingerprint density at radius 2 is 1.89 bits per heavy atom. The van der Waals surface area contributed by atoms with E-state index >= 15 is 0 Å². The summed E-state index contributed by atoms with van der Waals surface area (Å²) in [6.45, 7) is 0.188. The van der Waals surface area contributed by atoms with Gasteiger partial charge in [-0.3, -0.25) is 0 Å². The Morgan fingerprint density at radius 1 is 1.17 bits per heavy atom. The molecule has 0 spiro atoms. The van der Waals surface area contributed by atoms with Crippen molar-refractivity contribution in [3.63, 3.8) is 0 Å². The molecule has 1 aromatic carbocycles. The summed E-state index contributed by atoms with van der Waals surface area (Å²) in [5.74, 6) is 0.370. The summed E-state index contributed by atoms with van der Waals surface area (Å²) >= 11 is 0. The summed E-state index contributed by atoms with van der Waals surface area (Å²) in [5.41, 5.74) is 5.55. The normalized spacial score (nSPS) is 11.8. The second kappa shape index (κ2) is 4.81. The number of aromatic nitrogens is 1. The first-order chi connectivity index (χ1) is 8.52. The molecular formula is C12H11F3N2O. The molecule has 0 atom stereocenters. The number of halogens is 3. The van der Waals surface area contributed by atoms with Gasteiger partial charge in [-0.1, -0.05) is 23.4 Å². The first-order valence-electron chi connectivity index (χ1n) is 5.30. The van der Waals surface area contributed by atoms with Crippen molar-refractivity contribution in [3.05, 3.63) is 52.9 Å². The van der Waals surface area contributed by atoms with E-state index in [-0.39, 0.29) is 18.5 Å². The molecule has 2 aromatic rings. The molecule has 1 heterocycles. The minimum Gasteiger partial charge on any atom is -0.361 e. The van der Waals surface area contributed by atoms with Gasteiger partial charge in [-0.05, 0) is 11.6 Å². The van der Waals surface area contributed by atoms with Crippen molar-refractivity contribution in [2.45, 2.75) is 19.1 Å². The van der Waals surface area contributed by atoms with Crippen molar-refractivity contribution < 1.29 is 17.7 Å². The van der Waals surface area contributed by atoms with E-state index in [1.54, 1.807) is 6.07 Å². The Hall–Kier alpha value is -1.82. The fourth-order valence-corrected chi connectivity index (χ4v) is 1.72. The van der Waals surface area contributed by atoms with Crippen molar-refractivity contribution in [1.82, 2.24) is 5.16 Å². The molecule has 0 fully saturated rings. The quantitative estimate of drug-likeness (QED) is 0.918. The molecule has 3 nitrogen and oxygen atoms in total. The SMILES string of the molecule is NCc1cnoc1Cc1ccccc1C(F)(F)F. The van der Waals surface area contributed by atoms with E-state index in [4.69, 9.17) is 10.3 Å². The highest BCUT2D eigenvalue weighted by Crippen LogP contribution is 2.33. The maximum Gasteiger partial charge on any atom is 0.416 e. The zero-order chi connectivity index (χ0) is 13.2. The Morgan fingerprint density at radius 3 is 2.56 bits per heavy atom. The standard InChI is InChI=1S/C12H11F3N2O/c13-12(14,15)10-4-2-1-3-8(10)5-11-9(6-16)7-17-18-11/h1-4,7H,5-6,16H2. The van der Waals surface area contributed by atoms with Gasteiger partial charge in [0.2, 0.25) is 0 Å². The maximum atomic E-state index is 12.8. The molecule has 0 unspecified atom stereocenters. The average Bonchev–Trinajstić information content (AvgIpc) is 2.75. The molecule has 0 saturated carbocycles. The summed E-state index contributed by atoms with van der Waals surface area (Å²) < 4.78 is 43.3. The molecule has 1 aromatic heterocycles. The lowest BCUT2D eigenvalue weighted by atomic mass is 10.0. The molecular weight excluding hydrogens is 245 g/mol. The molecule has 96 valence electrons. The minimum absolute atomic E-state index is 0.0300. The number of benzene rings is 1. The van der Waals surface area contributed by atoms with Crippen LogP contribution < -0.4 is 5.73 Å². The van der Waals surface area contributed by atoms with Crippen molar-refractivity contribution in [2.75, 3.05) is 0 Å². The molecule has 2 N–H and O–H groups in total. The van der Waals surface area contributed by atoms with Crippen molar-refractivity contribution in [1.29, 1.82) is 0 Å². The molecule has 0 aliphatic heterocycles. The van der Waals surface area contributed by atoms with E-state index in [9.17, 15) is 13.2 Å². The number of alkyl halides is 3. The van der Waals surface area contributed by atoms with Crippen LogP contribution in [-0.4, -0.2) is 5.16 Å². The molecule has 0 radical (unpaired) electrons. The first kappa shape index (κ1) is 12.6. The van der Waals surface area contributed by atoms with Gasteiger partial charge in [-0.2, -0.15) is 13.2 Å². The van der Waals surface area contributed by atoms with Crippen LogP contribution in [0.3, 0.4) is 0 Å². The maximum absolute atomic E-state index is 12.8. The number of hydrogen-bond donors (Lipinski definition) is 1. The Kier molecular flexibility index (Phi) is 3.38. The van der Waals surface area contributed by atoms with Crippen LogP contribution in [-0.2, 0) is 19.1 Å². The number of nitrogens with two attached hydrogens (primary N) is 1. The number of hydrogen-bond acceptors (Lipinski definition) is 3. The molecule has 0 aliphatic rings. The molecule has 0 amide bonds. The lowest BCUT2D eigenvalue weighted by molar-refractivity contribution is -0.138. The van der Waals surface area contributed by atoms with Gasteiger partial charge >= 0.3 is 6.18 Å². The summed E-state index contributed by atoms with van der Waals surface area (Å²) in [4.78, 5) is 0. The lowest BCUT2D eigenvalue weighted by Gasteiger charge is -2.11. The van der Waals surface area contributed by atoms with E-state index < -0.39 is 11.7 Å². The Balaban J connectivity index is 2.35. The van der Waals surface area contributed by atoms with Crippen LogP contribution in [0, 0.1) is 0 Å². The second-order valence-electron chi connectivity index (χ2n) is 3.81. The topological polar surface area (TPSA) is 52.0 Å². The van der Waals surface area contributed by atoms with Gasteiger partial charge < -0.3 is 10.3 Å². The largest absolute Gasteiger partial charge is 0.416 e. The third-order valence-corrected chi connectivity index (χ3v) is 2.62. The van der Waals surface area contributed by atoms with E-state index in [0.717, 1.165) is 6.07 Å². The summed E-state index contributed by atoms with van der Waals surface area (Å²) in [6, 6.07) is 5.39. The smallest absolute Gasteiger partial charge is 0.361 e. The van der Waals surface area contributed by atoms with Gasteiger partial charge in [-0.25, -0.2) is 0 Å². The lowest BCUT2D eigenvalue weighted by Crippen LogP contribution is -2.09. The van der Waals surface area contributed by atoms with Gasteiger partial charge in [0.25, 0.3) is 0 Å². The fourth-order valence-electron chi connectivity index (χ4n) is 1.72. The van der Waals surface area contributed by atoms with Gasteiger partial charge in [0, 0.05) is 18.5 Å². The fraction of sp³-hybridized carbons (Fsp3) is 0.250. The monoisotopic (exact) mass is 256 g/mol. The highest BCUT2D eigenvalue weighted by Gasteiger charge is 2.33. The van der Waals surface area contributed by atoms with E-state index in [0.29, 0.717) is 11.3 Å². The van der Waals surface area contributed by atoms with Gasteiger partial charge in [0.1, 0.15) is 5.76 Å². The zero-order valence-corrected chi connectivity index (χ0v) is 9.37. The highest BCUT2D eigenvalue weighted by molar-refractivity contribution is 5.33. The average molecular weight is 256 g/mol. The van der Waals surface area contributed by atoms with Crippen LogP contribution in [0.1, 0.15) is 22.5 Å². The van der Waals surface area contributed by atoms with Crippen LogP contribution in [0.25, 0.3) is 0 Å². The van der Waals surface area contributed by atoms with E-state index in [2.05, 4.69) is 5.16 Å². The molecule has 0 saturated heterocycles. The molecule has 2 rings (SSSR count). The van der Waals surface area contributed by atoms with Gasteiger partial charge in [-0.15, -0.1) is 0 Å². The molecule has 0 bridgehead atoms. The van der Waals surface area contributed by atoms with Crippen LogP contribution in [0.5, 0.6) is 0 Å². The highest BCUT2D eigenvalue weighted by atomic mass is 19.4. The number of rotatable bonds is 3. The van der Waals surface area contributed by atoms with E-state index in [1.807, 2.05) is 0 Å². The first-order valence-corrected chi connectivity index (χ1v) is 5.30.